The van der Waals surface area contributed by atoms with E-state index in [9.17, 15) is 4.79 Å². The van der Waals surface area contributed by atoms with E-state index in [0.29, 0.717) is 6.04 Å². The Morgan fingerprint density at radius 3 is 2.65 bits per heavy atom. The Kier molecular flexibility index (Phi) is 4.26. The van der Waals surface area contributed by atoms with Crippen LogP contribution in [0.5, 0.6) is 0 Å². The summed E-state index contributed by atoms with van der Waals surface area (Å²) < 4.78 is 0. The van der Waals surface area contributed by atoms with Gasteiger partial charge in [0, 0.05) is 32.7 Å². The standard InChI is InChI=1S/C13H25N3O/c1-14-13(17)15(2)10-12-8-5-9-16(12)11-6-3-4-7-11/h11-12H,3-10H2,1-2H3,(H,14,17)/t12-/m0/s1. The Morgan fingerprint density at radius 2 is 2.00 bits per heavy atom. The minimum absolute atomic E-state index is 0.0308. The van der Waals surface area contributed by atoms with Gasteiger partial charge in [-0.15, -0.1) is 0 Å². The summed E-state index contributed by atoms with van der Waals surface area (Å²) in [6.45, 7) is 2.10. The molecule has 0 aromatic rings. The summed E-state index contributed by atoms with van der Waals surface area (Å²) in [5.41, 5.74) is 0. The highest BCUT2D eigenvalue weighted by Crippen LogP contribution is 2.30. The van der Waals surface area contributed by atoms with Gasteiger partial charge in [-0.1, -0.05) is 12.8 Å². The van der Waals surface area contributed by atoms with E-state index < -0.39 is 0 Å². The summed E-state index contributed by atoms with van der Waals surface area (Å²) in [5.74, 6) is 0. The van der Waals surface area contributed by atoms with Crippen LogP contribution >= 0.6 is 0 Å². The zero-order valence-corrected chi connectivity index (χ0v) is 11.1. The molecule has 1 saturated carbocycles. The molecule has 2 aliphatic rings. The van der Waals surface area contributed by atoms with E-state index in [1.165, 1.54) is 45.1 Å². The highest BCUT2D eigenvalue weighted by molar-refractivity contribution is 5.73. The first-order chi connectivity index (χ1) is 8.22. The molecule has 1 saturated heterocycles. The van der Waals surface area contributed by atoms with Crippen LogP contribution in [0.25, 0.3) is 0 Å². The number of carbonyl (C=O) groups excluding carboxylic acids is 1. The first kappa shape index (κ1) is 12.7. The molecule has 1 aliphatic carbocycles. The molecule has 1 aliphatic heterocycles. The molecule has 0 spiro atoms. The number of nitrogens with one attached hydrogen (secondary N) is 1. The van der Waals surface area contributed by atoms with E-state index in [1.54, 1.807) is 7.05 Å². The maximum absolute atomic E-state index is 11.5. The molecular formula is C13H25N3O. The third-order valence-corrected chi connectivity index (χ3v) is 4.26. The van der Waals surface area contributed by atoms with Gasteiger partial charge in [0.05, 0.1) is 0 Å². The molecule has 2 rings (SSSR count). The van der Waals surface area contributed by atoms with Crippen LogP contribution in [0.3, 0.4) is 0 Å². The zero-order chi connectivity index (χ0) is 12.3. The Morgan fingerprint density at radius 1 is 1.29 bits per heavy atom. The van der Waals surface area contributed by atoms with Gasteiger partial charge in [-0.25, -0.2) is 4.79 Å². The van der Waals surface area contributed by atoms with Crippen molar-refractivity contribution in [3.05, 3.63) is 0 Å². The predicted molar refractivity (Wildman–Crippen MR) is 69.1 cm³/mol. The molecule has 0 bridgehead atoms. The number of likely N-dealkylation sites (tertiary alicyclic amines) is 1. The largest absolute Gasteiger partial charge is 0.341 e. The smallest absolute Gasteiger partial charge is 0.316 e. The molecule has 1 heterocycles. The fraction of sp³-hybridized carbons (Fsp3) is 0.923. The van der Waals surface area contributed by atoms with Crippen LogP contribution in [0.4, 0.5) is 4.79 Å². The maximum Gasteiger partial charge on any atom is 0.316 e. The summed E-state index contributed by atoms with van der Waals surface area (Å²) in [7, 11) is 3.59. The van der Waals surface area contributed by atoms with Crippen LogP contribution in [0.1, 0.15) is 38.5 Å². The molecule has 0 aromatic heterocycles. The van der Waals surface area contributed by atoms with Crippen LogP contribution < -0.4 is 5.32 Å². The number of hydrogen-bond acceptors (Lipinski definition) is 2. The van der Waals surface area contributed by atoms with Gasteiger partial charge in [0.15, 0.2) is 0 Å². The molecule has 0 unspecified atom stereocenters. The first-order valence-electron chi connectivity index (χ1n) is 6.91. The van der Waals surface area contributed by atoms with E-state index in [-0.39, 0.29) is 6.03 Å². The molecule has 2 amide bonds. The van der Waals surface area contributed by atoms with Crippen molar-refractivity contribution in [3.8, 4) is 0 Å². The van der Waals surface area contributed by atoms with Gasteiger partial charge >= 0.3 is 6.03 Å². The van der Waals surface area contributed by atoms with Crippen LogP contribution in [-0.4, -0.2) is 55.1 Å². The van der Waals surface area contributed by atoms with Crippen molar-refractivity contribution < 1.29 is 4.79 Å². The lowest BCUT2D eigenvalue weighted by atomic mass is 10.1. The van der Waals surface area contributed by atoms with Crippen molar-refractivity contribution in [2.45, 2.75) is 50.6 Å². The number of carbonyl (C=O) groups is 1. The Hall–Kier alpha value is -0.770. The number of rotatable bonds is 3. The minimum Gasteiger partial charge on any atom is -0.341 e. The Bertz CT molecular complexity index is 263. The van der Waals surface area contributed by atoms with E-state index in [1.807, 2.05) is 11.9 Å². The topological polar surface area (TPSA) is 35.6 Å². The van der Waals surface area contributed by atoms with Crippen molar-refractivity contribution in [2.24, 2.45) is 0 Å². The number of likely N-dealkylation sites (N-methyl/N-ethyl adjacent to an activating group) is 1. The summed E-state index contributed by atoms with van der Waals surface area (Å²) in [6.07, 6.45) is 8.04. The highest BCUT2D eigenvalue weighted by Gasteiger charge is 2.33. The van der Waals surface area contributed by atoms with Crippen molar-refractivity contribution >= 4 is 6.03 Å². The molecular weight excluding hydrogens is 214 g/mol. The van der Waals surface area contributed by atoms with Gasteiger partial charge in [-0.3, -0.25) is 4.90 Å². The van der Waals surface area contributed by atoms with E-state index in [2.05, 4.69) is 10.2 Å². The van der Waals surface area contributed by atoms with E-state index >= 15 is 0 Å². The average Bonchev–Trinajstić information content (AvgIpc) is 2.97. The lowest BCUT2D eigenvalue weighted by molar-refractivity contribution is 0.147. The maximum atomic E-state index is 11.5. The van der Waals surface area contributed by atoms with Crippen molar-refractivity contribution in [3.63, 3.8) is 0 Å². The van der Waals surface area contributed by atoms with E-state index in [0.717, 1.165) is 12.6 Å². The van der Waals surface area contributed by atoms with Crippen LogP contribution in [0.15, 0.2) is 0 Å². The second-order valence-electron chi connectivity index (χ2n) is 5.41. The summed E-state index contributed by atoms with van der Waals surface area (Å²) in [5, 5.41) is 2.69. The van der Waals surface area contributed by atoms with Crippen molar-refractivity contribution in [1.29, 1.82) is 0 Å². The zero-order valence-electron chi connectivity index (χ0n) is 11.1. The lowest BCUT2D eigenvalue weighted by Gasteiger charge is -2.32. The SMILES string of the molecule is CNC(=O)N(C)C[C@@H]1CCCN1C1CCCC1. The van der Waals surface area contributed by atoms with Gasteiger partial charge in [0.1, 0.15) is 0 Å². The van der Waals surface area contributed by atoms with E-state index in [4.69, 9.17) is 0 Å². The van der Waals surface area contributed by atoms with Gasteiger partial charge in [-0.2, -0.15) is 0 Å². The number of hydrogen-bond donors (Lipinski definition) is 1. The monoisotopic (exact) mass is 239 g/mol. The molecule has 4 heteroatoms. The summed E-state index contributed by atoms with van der Waals surface area (Å²) >= 11 is 0. The number of urea groups is 1. The third-order valence-electron chi connectivity index (χ3n) is 4.26. The second-order valence-corrected chi connectivity index (χ2v) is 5.41. The lowest BCUT2D eigenvalue weighted by Crippen LogP contribution is -2.46. The van der Waals surface area contributed by atoms with Gasteiger partial charge in [0.25, 0.3) is 0 Å². The number of amides is 2. The second kappa shape index (κ2) is 5.71. The van der Waals surface area contributed by atoms with Gasteiger partial charge < -0.3 is 10.2 Å². The highest BCUT2D eigenvalue weighted by atomic mass is 16.2. The first-order valence-corrected chi connectivity index (χ1v) is 6.91. The quantitative estimate of drug-likeness (QED) is 0.813. The van der Waals surface area contributed by atoms with Crippen molar-refractivity contribution in [1.82, 2.24) is 15.1 Å². The van der Waals surface area contributed by atoms with Crippen molar-refractivity contribution in [2.75, 3.05) is 27.2 Å². The average molecular weight is 239 g/mol. The van der Waals surface area contributed by atoms with Gasteiger partial charge in [-0.05, 0) is 32.2 Å². The minimum atomic E-state index is 0.0308. The molecule has 1 atom stereocenters. The Balaban J connectivity index is 1.88. The predicted octanol–water partition coefficient (Wildman–Crippen LogP) is 1.66. The van der Waals surface area contributed by atoms with Crippen LogP contribution in [0, 0.1) is 0 Å². The molecule has 4 nitrogen and oxygen atoms in total. The summed E-state index contributed by atoms with van der Waals surface area (Å²) in [6, 6.07) is 1.41. The third kappa shape index (κ3) is 2.92. The summed E-state index contributed by atoms with van der Waals surface area (Å²) in [4.78, 5) is 16.0. The van der Waals surface area contributed by atoms with Gasteiger partial charge in [0.2, 0.25) is 0 Å². The fourth-order valence-corrected chi connectivity index (χ4v) is 3.36. The molecule has 98 valence electrons. The normalized spacial score (nSPS) is 26.4. The molecule has 1 N–H and O–H groups in total. The Labute approximate surface area is 104 Å². The molecule has 0 aromatic carbocycles. The molecule has 17 heavy (non-hydrogen) atoms. The van der Waals surface area contributed by atoms with Crippen LogP contribution in [-0.2, 0) is 0 Å². The fourth-order valence-electron chi connectivity index (χ4n) is 3.36. The molecule has 2 fully saturated rings. The number of nitrogens with zero attached hydrogens (tertiary/aromatic N) is 2. The molecule has 0 radical (unpaired) electrons. The van der Waals surface area contributed by atoms with Crippen LogP contribution in [0.2, 0.25) is 0 Å².